The number of hydrogen-bond acceptors (Lipinski definition) is 7. The maximum Gasteiger partial charge on any atom is 0.251 e. The summed E-state index contributed by atoms with van der Waals surface area (Å²) < 4.78 is 16.5. The van der Waals surface area contributed by atoms with Gasteiger partial charge in [0.2, 0.25) is 5.95 Å². The van der Waals surface area contributed by atoms with Gasteiger partial charge in [0.15, 0.2) is 5.82 Å². The maximum absolute atomic E-state index is 14.6. The highest BCUT2D eigenvalue weighted by Crippen LogP contribution is 2.27. The Morgan fingerprint density at radius 3 is 2.35 bits per heavy atom. The molecular formula is C24H30FN7O2. The van der Waals surface area contributed by atoms with Crippen LogP contribution < -0.4 is 10.2 Å². The van der Waals surface area contributed by atoms with Gasteiger partial charge in [0.25, 0.3) is 5.91 Å². The van der Waals surface area contributed by atoms with E-state index in [1.807, 2.05) is 49.6 Å². The predicted molar refractivity (Wildman–Crippen MR) is 129 cm³/mol. The summed E-state index contributed by atoms with van der Waals surface area (Å²) in [5.41, 5.74) is 2.62. The van der Waals surface area contributed by atoms with Gasteiger partial charge in [-0.25, -0.2) is 19.3 Å². The number of amides is 1. The van der Waals surface area contributed by atoms with Gasteiger partial charge in [-0.05, 0) is 52.0 Å². The number of rotatable bonds is 6. The lowest BCUT2D eigenvalue weighted by Crippen LogP contribution is -2.51. The van der Waals surface area contributed by atoms with Crippen molar-refractivity contribution in [2.75, 3.05) is 36.4 Å². The van der Waals surface area contributed by atoms with Crippen LogP contribution in [0.1, 0.15) is 32.6 Å². The molecule has 0 saturated carbocycles. The zero-order chi connectivity index (χ0) is 24.4. The predicted octanol–water partition coefficient (Wildman–Crippen LogP) is 3.14. The van der Waals surface area contributed by atoms with E-state index in [0.29, 0.717) is 37.8 Å². The largest absolute Gasteiger partial charge is 0.384 e. The molecule has 0 bridgehead atoms. The van der Waals surface area contributed by atoms with Crippen LogP contribution in [0.4, 0.5) is 21.7 Å². The van der Waals surface area contributed by atoms with Gasteiger partial charge in [0.05, 0.1) is 18.1 Å². The molecule has 1 aliphatic heterocycles. The number of nitrogens with one attached hydrogen (secondary N) is 1. The molecule has 9 nitrogen and oxygen atoms in total. The second-order valence-electron chi connectivity index (χ2n) is 8.70. The summed E-state index contributed by atoms with van der Waals surface area (Å²) in [5, 5.41) is 12.6. The third-order valence-electron chi connectivity index (χ3n) is 5.92. The van der Waals surface area contributed by atoms with E-state index < -0.39 is 11.9 Å². The van der Waals surface area contributed by atoms with Crippen LogP contribution in [-0.2, 0) is 4.79 Å². The minimum Gasteiger partial charge on any atom is -0.384 e. The van der Waals surface area contributed by atoms with Crippen molar-refractivity contribution in [2.24, 2.45) is 0 Å². The molecular weight excluding hydrogens is 437 g/mol. The number of piperazine rings is 1. The smallest absolute Gasteiger partial charge is 0.251 e. The Kier molecular flexibility index (Phi) is 6.78. The number of aryl methyl sites for hydroxylation is 1. The second-order valence-corrected chi connectivity index (χ2v) is 8.70. The highest BCUT2D eigenvalue weighted by molar-refractivity contribution is 5.80. The van der Waals surface area contributed by atoms with Crippen LogP contribution in [0.3, 0.4) is 0 Å². The van der Waals surface area contributed by atoms with Crippen molar-refractivity contribution in [1.82, 2.24) is 24.4 Å². The van der Waals surface area contributed by atoms with Gasteiger partial charge in [-0.1, -0.05) is 0 Å². The first-order chi connectivity index (χ1) is 16.2. The minimum absolute atomic E-state index is 0.114. The number of imidazole rings is 1. The monoisotopic (exact) mass is 467 g/mol. The Bertz CT molecular complexity index is 1150. The van der Waals surface area contributed by atoms with Crippen molar-refractivity contribution < 1.29 is 14.3 Å². The Morgan fingerprint density at radius 2 is 1.74 bits per heavy atom. The molecule has 1 fully saturated rings. The molecule has 0 spiro atoms. The van der Waals surface area contributed by atoms with Crippen molar-refractivity contribution in [3.8, 4) is 11.4 Å². The van der Waals surface area contributed by atoms with Gasteiger partial charge in [-0.15, -0.1) is 0 Å². The number of carbonyl (C=O) groups is 1. The summed E-state index contributed by atoms with van der Waals surface area (Å²) in [6.45, 7) is 9.94. The third-order valence-corrected chi connectivity index (χ3v) is 5.92. The van der Waals surface area contributed by atoms with Crippen LogP contribution in [0.5, 0.6) is 0 Å². The summed E-state index contributed by atoms with van der Waals surface area (Å²) in [6, 6.07) is 7.91. The SMILES string of the molecule is Cc1ncc(-c2nc(Nc3ccc(N4CCN(C(=O)C(C)O)CC4)cc3)ncc2F)n1C(C)C. The van der Waals surface area contributed by atoms with Crippen molar-refractivity contribution in [1.29, 1.82) is 0 Å². The molecule has 1 saturated heterocycles. The number of nitrogens with zero attached hydrogens (tertiary/aromatic N) is 6. The minimum atomic E-state index is -0.971. The van der Waals surface area contributed by atoms with Gasteiger partial charge in [0, 0.05) is 43.6 Å². The average Bonchev–Trinajstić information content (AvgIpc) is 3.22. The summed E-state index contributed by atoms with van der Waals surface area (Å²) in [7, 11) is 0. The first-order valence-corrected chi connectivity index (χ1v) is 11.4. The molecule has 2 aromatic heterocycles. The number of benzene rings is 1. The van der Waals surface area contributed by atoms with Crippen molar-refractivity contribution in [3.63, 3.8) is 0 Å². The van der Waals surface area contributed by atoms with Gasteiger partial charge in [-0.2, -0.15) is 0 Å². The molecule has 34 heavy (non-hydrogen) atoms. The quantitative estimate of drug-likeness (QED) is 0.575. The standard InChI is InChI=1S/C24H30FN7O2/c1-15(2)32-17(4)26-14-21(32)22-20(25)13-27-24(29-22)28-18-5-7-19(8-6-18)30-9-11-31(12-10-30)23(34)16(3)33/h5-8,13-16,33H,9-12H2,1-4H3,(H,27,28,29). The van der Waals surface area contributed by atoms with Crippen LogP contribution in [-0.4, -0.2) is 67.7 Å². The fourth-order valence-electron chi connectivity index (χ4n) is 4.22. The zero-order valence-electron chi connectivity index (χ0n) is 19.9. The lowest BCUT2D eigenvalue weighted by molar-refractivity contribution is -0.139. The number of aliphatic hydroxyl groups is 1. The van der Waals surface area contributed by atoms with E-state index in [-0.39, 0.29) is 17.6 Å². The lowest BCUT2D eigenvalue weighted by Gasteiger charge is -2.36. The van der Waals surface area contributed by atoms with Crippen LogP contribution in [0.25, 0.3) is 11.4 Å². The van der Waals surface area contributed by atoms with Gasteiger partial charge >= 0.3 is 0 Å². The maximum atomic E-state index is 14.6. The first kappa shape index (κ1) is 23.6. The van der Waals surface area contributed by atoms with Gasteiger partial charge in [-0.3, -0.25) is 4.79 Å². The molecule has 3 aromatic rings. The molecule has 1 aliphatic rings. The van der Waals surface area contributed by atoms with Crippen LogP contribution >= 0.6 is 0 Å². The van der Waals surface area contributed by atoms with Gasteiger partial charge < -0.3 is 24.8 Å². The molecule has 1 atom stereocenters. The van der Waals surface area contributed by atoms with E-state index >= 15 is 0 Å². The van der Waals surface area contributed by atoms with E-state index in [1.54, 1.807) is 11.1 Å². The molecule has 1 amide bonds. The normalized spacial score (nSPS) is 15.0. The number of carbonyl (C=O) groups excluding carboxylic acids is 1. The Labute approximate surface area is 198 Å². The Hall–Kier alpha value is -3.53. The van der Waals surface area contributed by atoms with E-state index in [0.717, 1.165) is 17.2 Å². The molecule has 4 rings (SSSR count). The number of halogens is 1. The first-order valence-electron chi connectivity index (χ1n) is 11.4. The fraction of sp³-hybridized carbons (Fsp3) is 0.417. The molecule has 180 valence electrons. The summed E-state index contributed by atoms with van der Waals surface area (Å²) in [4.78, 5) is 28.7. The summed E-state index contributed by atoms with van der Waals surface area (Å²) >= 11 is 0. The number of aromatic nitrogens is 4. The van der Waals surface area contributed by atoms with Crippen molar-refractivity contribution >= 4 is 23.2 Å². The molecule has 0 aliphatic carbocycles. The fourth-order valence-corrected chi connectivity index (χ4v) is 4.22. The van der Waals surface area contributed by atoms with Crippen molar-refractivity contribution in [3.05, 3.63) is 48.3 Å². The molecule has 1 aromatic carbocycles. The number of anilines is 3. The van der Waals surface area contributed by atoms with Crippen molar-refractivity contribution in [2.45, 2.75) is 39.8 Å². The number of hydrogen-bond donors (Lipinski definition) is 2. The highest BCUT2D eigenvalue weighted by atomic mass is 19.1. The molecule has 3 heterocycles. The van der Waals surface area contributed by atoms with Gasteiger partial charge in [0.1, 0.15) is 17.6 Å². The van der Waals surface area contributed by atoms with Crippen LogP contribution in [0.2, 0.25) is 0 Å². The third kappa shape index (κ3) is 4.86. The van der Waals surface area contributed by atoms with Crippen LogP contribution in [0, 0.1) is 12.7 Å². The molecule has 0 radical (unpaired) electrons. The Balaban J connectivity index is 1.46. The molecule has 2 N–H and O–H groups in total. The highest BCUT2D eigenvalue weighted by Gasteiger charge is 2.24. The summed E-state index contributed by atoms with van der Waals surface area (Å²) in [6.07, 6.45) is 1.83. The van der Waals surface area contributed by atoms with E-state index in [2.05, 4.69) is 25.2 Å². The lowest BCUT2D eigenvalue weighted by atomic mass is 10.2. The topological polar surface area (TPSA) is 99.4 Å². The zero-order valence-corrected chi connectivity index (χ0v) is 19.9. The van der Waals surface area contributed by atoms with Crippen LogP contribution in [0.15, 0.2) is 36.7 Å². The van der Waals surface area contributed by atoms with E-state index in [1.165, 1.54) is 13.1 Å². The Morgan fingerprint density at radius 1 is 1.06 bits per heavy atom. The molecule has 10 heteroatoms. The molecule has 1 unspecified atom stereocenters. The van der Waals surface area contributed by atoms with E-state index in [9.17, 15) is 14.3 Å². The number of aliphatic hydroxyl groups excluding tert-OH is 1. The average molecular weight is 468 g/mol. The van der Waals surface area contributed by atoms with E-state index in [4.69, 9.17) is 0 Å². The second kappa shape index (κ2) is 9.76. The summed E-state index contributed by atoms with van der Waals surface area (Å²) in [5.74, 6) is 0.355.